The van der Waals surface area contributed by atoms with Crippen LogP contribution in [0.3, 0.4) is 0 Å². The second-order valence-corrected chi connectivity index (χ2v) is 6.53. The van der Waals surface area contributed by atoms with E-state index in [1.807, 2.05) is 0 Å². The van der Waals surface area contributed by atoms with Gasteiger partial charge in [0, 0.05) is 13.0 Å². The predicted molar refractivity (Wildman–Crippen MR) is 84.5 cm³/mol. The number of hydrogen-bond donors (Lipinski definition) is 5. The Hall–Kier alpha value is -2.45. The van der Waals surface area contributed by atoms with Crippen molar-refractivity contribution in [2.24, 2.45) is 16.5 Å². The van der Waals surface area contributed by atoms with Crippen LogP contribution in [0.4, 0.5) is 4.79 Å². The molecule has 2 atom stereocenters. The summed E-state index contributed by atoms with van der Waals surface area (Å²) < 4.78 is 34.7. The number of amides is 3. The summed E-state index contributed by atoms with van der Waals surface area (Å²) in [5, 5.41) is 10.9. The zero-order valence-electron chi connectivity index (χ0n) is 13.1. The van der Waals surface area contributed by atoms with Gasteiger partial charge < -0.3 is 21.7 Å². The van der Waals surface area contributed by atoms with Crippen LogP contribution in [0.1, 0.15) is 19.3 Å². The molecule has 2 aliphatic rings. The predicted octanol–water partition coefficient (Wildman–Crippen LogP) is -2.25. The number of nitrogens with zero attached hydrogens (tertiary/aromatic N) is 3. The highest BCUT2D eigenvalue weighted by molar-refractivity contribution is 7.80. The van der Waals surface area contributed by atoms with Gasteiger partial charge >= 0.3 is 16.4 Å². The molecule has 25 heavy (non-hydrogen) atoms. The van der Waals surface area contributed by atoms with Gasteiger partial charge in [0.05, 0.1) is 18.6 Å². The van der Waals surface area contributed by atoms with Gasteiger partial charge in [-0.25, -0.2) is 4.79 Å². The van der Waals surface area contributed by atoms with E-state index in [0.29, 0.717) is 17.9 Å². The van der Waals surface area contributed by atoms with E-state index < -0.39 is 34.4 Å². The van der Waals surface area contributed by atoms with Crippen LogP contribution in [0.15, 0.2) is 4.99 Å². The highest BCUT2D eigenvalue weighted by Gasteiger charge is 2.48. The Bertz CT molecular complexity index is 704. The third-order valence-electron chi connectivity index (χ3n) is 3.74. The number of urea groups is 1. The van der Waals surface area contributed by atoms with E-state index in [-0.39, 0.29) is 31.3 Å². The van der Waals surface area contributed by atoms with Crippen molar-refractivity contribution in [2.75, 3.05) is 13.1 Å². The standard InChI is InChI=1S/C11H19N7O6S/c12-9(16-8(19)3-4-15-10(13)14)7-2-1-6-5-17(7)11(20)18(6)24-25(21,22)23/h6-7H,1-5H2,(H2,12,16,19)(H4,13,14,15)(H,21,22,23). The largest absolute Gasteiger partial charge is 0.418 e. The Morgan fingerprint density at radius 1 is 1.44 bits per heavy atom. The van der Waals surface area contributed by atoms with Gasteiger partial charge in [0.15, 0.2) is 5.96 Å². The van der Waals surface area contributed by atoms with E-state index in [9.17, 15) is 18.0 Å². The minimum atomic E-state index is -4.83. The van der Waals surface area contributed by atoms with Gasteiger partial charge in [-0.1, -0.05) is 0 Å². The molecular weight excluding hydrogens is 358 g/mol. The van der Waals surface area contributed by atoms with Crippen LogP contribution < -0.4 is 16.8 Å². The summed E-state index contributed by atoms with van der Waals surface area (Å²) in [4.78, 5) is 28.8. The lowest BCUT2D eigenvalue weighted by molar-refractivity contribution is -0.119. The molecular formula is C11H19N7O6S. The van der Waals surface area contributed by atoms with Crippen molar-refractivity contribution < 1.29 is 26.8 Å². The van der Waals surface area contributed by atoms with E-state index in [1.165, 1.54) is 4.90 Å². The summed E-state index contributed by atoms with van der Waals surface area (Å²) in [6.45, 7) is 0.179. The Kier molecular flexibility index (Phi) is 5.44. The molecule has 14 heteroatoms. The molecule has 0 aliphatic carbocycles. The number of rotatable bonds is 6. The summed E-state index contributed by atoms with van der Waals surface area (Å²) in [6.07, 6.45) is 0.630. The minimum Gasteiger partial charge on any atom is -0.370 e. The van der Waals surface area contributed by atoms with Gasteiger partial charge in [-0.05, 0) is 12.8 Å². The molecule has 2 bridgehead atoms. The molecule has 0 aromatic heterocycles. The number of guanidine groups is 1. The molecule has 2 aliphatic heterocycles. The number of amidine groups is 1. The number of nitrogens with one attached hydrogen (secondary N) is 2. The molecule has 2 saturated heterocycles. The minimum absolute atomic E-state index is 0.0401. The lowest BCUT2D eigenvalue weighted by Gasteiger charge is -2.30. The van der Waals surface area contributed by atoms with Gasteiger partial charge in [-0.15, -0.1) is 4.28 Å². The first kappa shape index (κ1) is 18.9. The van der Waals surface area contributed by atoms with Crippen molar-refractivity contribution in [3.05, 3.63) is 0 Å². The highest BCUT2D eigenvalue weighted by atomic mass is 32.3. The maximum Gasteiger partial charge on any atom is 0.418 e. The first-order valence-corrected chi connectivity index (χ1v) is 8.65. The van der Waals surface area contributed by atoms with Crippen molar-refractivity contribution in [2.45, 2.75) is 31.3 Å². The fourth-order valence-corrected chi connectivity index (χ4v) is 3.10. The summed E-state index contributed by atoms with van der Waals surface area (Å²) in [6, 6.07) is -2.09. The van der Waals surface area contributed by atoms with Gasteiger partial charge in [0.25, 0.3) is 0 Å². The Morgan fingerprint density at radius 2 is 2.12 bits per heavy atom. The number of carbonyl (C=O) groups is 2. The first-order valence-electron chi connectivity index (χ1n) is 7.29. The zero-order valence-corrected chi connectivity index (χ0v) is 13.9. The van der Waals surface area contributed by atoms with Crippen molar-refractivity contribution in [1.29, 1.82) is 5.41 Å². The van der Waals surface area contributed by atoms with Crippen LogP contribution in [0, 0.1) is 5.41 Å². The monoisotopic (exact) mass is 377 g/mol. The van der Waals surface area contributed by atoms with E-state index in [0.717, 1.165) is 0 Å². The molecule has 0 spiro atoms. The van der Waals surface area contributed by atoms with Crippen molar-refractivity contribution in [1.82, 2.24) is 15.3 Å². The molecule has 2 rings (SSSR count). The number of nitrogens with two attached hydrogens (primary N) is 2. The molecule has 2 fully saturated rings. The summed E-state index contributed by atoms with van der Waals surface area (Å²) in [5.74, 6) is -0.840. The Labute approximate surface area is 143 Å². The van der Waals surface area contributed by atoms with Gasteiger partial charge in [-0.3, -0.25) is 19.7 Å². The average Bonchev–Trinajstić information content (AvgIpc) is 2.70. The molecule has 0 aromatic rings. The average molecular weight is 377 g/mol. The van der Waals surface area contributed by atoms with Crippen molar-refractivity contribution in [3.63, 3.8) is 0 Å². The van der Waals surface area contributed by atoms with E-state index >= 15 is 0 Å². The highest BCUT2D eigenvalue weighted by Crippen LogP contribution is 2.30. The topological polar surface area (TPSA) is 204 Å². The number of hydroxylamine groups is 2. The molecule has 2 unspecified atom stereocenters. The summed E-state index contributed by atoms with van der Waals surface area (Å²) >= 11 is 0. The van der Waals surface area contributed by atoms with Gasteiger partial charge in [0.2, 0.25) is 5.91 Å². The molecule has 0 aromatic carbocycles. The van der Waals surface area contributed by atoms with Crippen LogP contribution in [0.5, 0.6) is 0 Å². The molecule has 140 valence electrons. The smallest absolute Gasteiger partial charge is 0.370 e. The van der Waals surface area contributed by atoms with Crippen LogP contribution in [0.2, 0.25) is 0 Å². The molecule has 7 N–H and O–H groups in total. The van der Waals surface area contributed by atoms with Crippen molar-refractivity contribution >= 4 is 34.1 Å². The zero-order chi connectivity index (χ0) is 18.8. The number of piperidine rings is 1. The maximum absolute atomic E-state index is 12.2. The number of hydrogen-bond acceptors (Lipinski definition) is 7. The van der Waals surface area contributed by atoms with Crippen LogP contribution in [-0.4, -0.2) is 71.8 Å². The number of aliphatic imine (C=N–C) groups is 1. The molecule has 13 nitrogen and oxygen atoms in total. The van der Waals surface area contributed by atoms with Crippen molar-refractivity contribution in [3.8, 4) is 0 Å². The Morgan fingerprint density at radius 3 is 2.72 bits per heavy atom. The van der Waals surface area contributed by atoms with Crippen LogP contribution in [-0.2, 0) is 19.5 Å². The third kappa shape index (κ3) is 4.77. The van der Waals surface area contributed by atoms with E-state index in [1.54, 1.807) is 0 Å². The maximum atomic E-state index is 12.2. The third-order valence-corrected chi connectivity index (χ3v) is 4.09. The lowest BCUT2D eigenvalue weighted by atomic mass is 10.00. The quantitative estimate of drug-likeness (QED) is 0.194. The van der Waals surface area contributed by atoms with E-state index in [4.69, 9.17) is 21.4 Å². The normalized spacial score (nSPS) is 22.7. The molecule has 0 saturated carbocycles. The van der Waals surface area contributed by atoms with Crippen LogP contribution in [0.25, 0.3) is 0 Å². The SMILES string of the molecule is N=C(NC(=O)CCN=C(N)N)C1CCC2CN1C(=O)N2OS(=O)(=O)O. The van der Waals surface area contributed by atoms with E-state index in [2.05, 4.69) is 14.6 Å². The summed E-state index contributed by atoms with van der Waals surface area (Å²) in [7, 11) is -4.83. The first-order chi connectivity index (χ1) is 11.6. The second-order valence-electron chi connectivity index (χ2n) is 5.53. The molecule has 2 heterocycles. The number of carbonyl (C=O) groups excluding carboxylic acids is 2. The molecule has 3 amide bonds. The lowest BCUT2D eigenvalue weighted by Crippen LogP contribution is -2.50. The Balaban J connectivity index is 1.96. The fourth-order valence-electron chi connectivity index (χ4n) is 2.71. The second kappa shape index (κ2) is 7.20. The number of fused-ring (bicyclic) bond motifs is 2. The summed E-state index contributed by atoms with van der Waals surface area (Å²) in [5.41, 5.74) is 10.3. The van der Waals surface area contributed by atoms with Gasteiger partial charge in [0.1, 0.15) is 5.84 Å². The van der Waals surface area contributed by atoms with Gasteiger partial charge in [-0.2, -0.15) is 13.5 Å². The molecule has 0 radical (unpaired) electrons. The fraction of sp³-hybridized carbons (Fsp3) is 0.636. The van der Waals surface area contributed by atoms with Crippen LogP contribution >= 0.6 is 0 Å².